The summed E-state index contributed by atoms with van der Waals surface area (Å²) >= 11 is 0. The summed E-state index contributed by atoms with van der Waals surface area (Å²) in [6, 6.07) is 5.25. The third-order valence-corrected chi connectivity index (χ3v) is 3.22. The summed E-state index contributed by atoms with van der Waals surface area (Å²) in [7, 11) is 3.11. The van der Waals surface area contributed by atoms with Gasteiger partial charge in [0, 0.05) is 32.0 Å². The van der Waals surface area contributed by atoms with Crippen LogP contribution in [0.2, 0.25) is 0 Å². The lowest BCUT2D eigenvalue weighted by atomic mass is 10.2. The van der Waals surface area contributed by atoms with Gasteiger partial charge in [-0.3, -0.25) is 9.59 Å². The molecule has 1 N–H and O–H groups in total. The molecule has 0 aromatic heterocycles. The molecule has 6 nitrogen and oxygen atoms in total. The fourth-order valence-corrected chi connectivity index (χ4v) is 1.95. The highest BCUT2D eigenvalue weighted by molar-refractivity contribution is 5.93. The maximum absolute atomic E-state index is 11.9. The van der Waals surface area contributed by atoms with Gasteiger partial charge in [0.2, 0.25) is 11.8 Å². The van der Waals surface area contributed by atoms with Gasteiger partial charge in [0.15, 0.2) is 0 Å². The van der Waals surface area contributed by atoms with E-state index in [-0.39, 0.29) is 17.7 Å². The molecule has 1 aromatic carbocycles. The number of amides is 2. The smallest absolute Gasteiger partial charge is 0.224 e. The van der Waals surface area contributed by atoms with Crippen molar-refractivity contribution in [2.24, 2.45) is 5.92 Å². The zero-order valence-corrected chi connectivity index (χ0v) is 13.8. The number of benzene rings is 1. The number of carbonyl (C=O) groups excluding carboxylic acids is 2. The van der Waals surface area contributed by atoms with Crippen LogP contribution in [0.4, 0.5) is 5.69 Å². The standard InChI is InChI=1S/C16H24N2O4/c1-11(2)16(20)17-8-9-18(12(3)19)14-10-13(21-4)6-7-15(14)22-5/h6-7,10-11H,8-9H2,1-5H3,(H,17,20). The van der Waals surface area contributed by atoms with Crippen LogP contribution in [0.1, 0.15) is 20.8 Å². The van der Waals surface area contributed by atoms with E-state index in [9.17, 15) is 9.59 Å². The zero-order valence-electron chi connectivity index (χ0n) is 13.8. The van der Waals surface area contributed by atoms with Crippen molar-refractivity contribution in [2.75, 3.05) is 32.2 Å². The largest absolute Gasteiger partial charge is 0.497 e. The first-order valence-corrected chi connectivity index (χ1v) is 7.18. The summed E-state index contributed by atoms with van der Waals surface area (Å²) in [5.41, 5.74) is 0.619. The summed E-state index contributed by atoms with van der Waals surface area (Å²) < 4.78 is 10.5. The lowest BCUT2D eigenvalue weighted by molar-refractivity contribution is -0.124. The molecular weight excluding hydrogens is 284 g/mol. The van der Waals surface area contributed by atoms with Gasteiger partial charge in [-0.25, -0.2) is 0 Å². The number of nitrogens with one attached hydrogen (secondary N) is 1. The Labute approximate surface area is 131 Å². The number of anilines is 1. The molecule has 0 radical (unpaired) electrons. The van der Waals surface area contributed by atoms with Crippen LogP contribution in [0.5, 0.6) is 11.5 Å². The second kappa shape index (κ2) is 8.26. The van der Waals surface area contributed by atoms with Gasteiger partial charge in [0.05, 0.1) is 19.9 Å². The number of carbonyl (C=O) groups is 2. The predicted octanol–water partition coefficient (Wildman–Crippen LogP) is 1.83. The molecule has 0 aliphatic rings. The molecule has 0 unspecified atom stereocenters. The molecule has 1 rings (SSSR count). The third kappa shape index (κ3) is 4.65. The number of ether oxygens (including phenoxy) is 2. The SMILES string of the molecule is COc1ccc(OC)c(N(CCNC(=O)C(C)C)C(C)=O)c1. The molecule has 0 saturated heterocycles. The highest BCUT2D eigenvalue weighted by Crippen LogP contribution is 2.32. The molecule has 0 aliphatic heterocycles. The molecule has 0 atom stereocenters. The van der Waals surface area contributed by atoms with E-state index in [0.29, 0.717) is 30.3 Å². The molecule has 0 saturated carbocycles. The van der Waals surface area contributed by atoms with Gasteiger partial charge in [-0.2, -0.15) is 0 Å². The molecule has 0 aliphatic carbocycles. The lowest BCUT2D eigenvalue weighted by Crippen LogP contribution is -2.39. The van der Waals surface area contributed by atoms with Gasteiger partial charge in [-0.1, -0.05) is 13.8 Å². The van der Waals surface area contributed by atoms with Gasteiger partial charge in [-0.15, -0.1) is 0 Å². The highest BCUT2D eigenvalue weighted by atomic mass is 16.5. The van der Waals surface area contributed by atoms with Crippen molar-refractivity contribution in [1.82, 2.24) is 5.32 Å². The molecule has 122 valence electrons. The molecule has 2 amide bonds. The van der Waals surface area contributed by atoms with Crippen LogP contribution in [0.25, 0.3) is 0 Å². The monoisotopic (exact) mass is 308 g/mol. The minimum atomic E-state index is -0.134. The summed E-state index contributed by atoms with van der Waals surface area (Å²) in [4.78, 5) is 25.1. The Hall–Kier alpha value is -2.24. The van der Waals surface area contributed by atoms with Crippen molar-refractivity contribution in [3.05, 3.63) is 18.2 Å². The topological polar surface area (TPSA) is 67.9 Å². The molecule has 6 heteroatoms. The van der Waals surface area contributed by atoms with Gasteiger partial charge in [0.1, 0.15) is 11.5 Å². The van der Waals surface area contributed by atoms with Crippen LogP contribution in [0.3, 0.4) is 0 Å². The first kappa shape index (κ1) is 17.8. The fourth-order valence-electron chi connectivity index (χ4n) is 1.95. The van der Waals surface area contributed by atoms with E-state index in [1.807, 2.05) is 13.8 Å². The third-order valence-electron chi connectivity index (χ3n) is 3.22. The summed E-state index contributed by atoms with van der Waals surface area (Å²) in [6.45, 7) is 5.85. The van der Waals surface area contributed by atoms with E-state index >= 15 is 0 Å². The Balaban J connectivity index is 2.91. The van der Waals surface area contributed by atoms with E-state index in [4.69, 9.17) is 9.47 Å². The minimum Gasteiger partial charge on any atom is -0.497 e. The Kier molecular flexibility index (Phi) is 6.69. The van der Waals surface area contributed by atoms with Crippen LogP contribution in [-0.4, -0.2) is 39.1 Å². The fraction of sp³-hybridized carbons (Fsp3) is 0.500. The average molecular weight is 308 g/mol. The number of hydrogen-bond acceptors (Lipinski definition) is 4. The summed E-state index contributed by atoms with van der Waals surface area (Å²) in [6.07, 6.45) is 0. The quantitative estimate of drug-likeness (QED) is 0.834. The van der Waals surface area contributed by atoms with E-state index < -0.39 is 0 Å². The van der Waals surface area contributed by atoms with Crippen LogP contribution in [-0.2, 0) is 9.59 Å². The van der Waals surface area contributed by atoms with Crippen molar-refractivity contribution in [1.29, 1.82) is 0 Å². The van der Waals surface area contributed by atoms with E-state index in [2.05, 4.69) is 5.32 Å². The molecule has 0 spiro atoms. The number of nitrogens with zero attached hydrogens (tertiary/aromatic N) is 1. The summed E-state index contributed by atoms with van der Waals surface area (Å²) in [5, 5.41) is 2.80. The van der Waals surface area contributed by atoms with E-state index in [1.54, 1.807) is 37.3 Å². The lowest BCUT2D eigenvalue weighted by Gasteiger charge is -2.24. The van der Waals surface area contributed by atoms with Crippen molar-refractivity contribution in [3.63, 3.8) is 0 Å². The van der Waals surface area contributed by atoms with Crippen molar-refractivity contribution < 1.29 is 19.1 Å². The second-order valence-corrected chi connectivity index (χ2v) is 5.15. The van der Waals surface area contributed by atoms with Gasteiger partial charge in [-0.05, 0) is 12.1 Å². The normalized spacial score (nSPS) is 10.3. The molecule has 0 fully saturated rings. The van der Waals surface area contributed by atoms with Crippen LogP contribution in [0, 0.1) is 5.92 Å². The molecule has 0 bridgehead atoms. The maximum Gasteiger partial charge on any atom is 0.224 e. The van der Waals surface area contributed by atoms with E-state index in [0.717, 1.165) is 0 Å². The van der Waals surface area contributed by atoms with Crippen molar-refractivity contribution in [3.8, 4) is 11.5 Å². The van der Waals surface area contributed by atoms with Crippen LogP contribution >= 0.6 is 0 Å². The van der Waals surface area contributed by atoms with Crippen molar-refractivity contribution >= 4 is 17.5 Å². The number of rotatable bonds is 7. The van der Waals surface area contributed by atoms with Crippen LogP contribution in [0.15, 0.2) is 18.2 Å². The second-order valence-electron chi connectivity index (χ2n) is 5.15. The van der Waals surface area contributed by atoms with Gasteiger partial charge in [0.25, 0.3) is 0 Å². The first-order chi connectivity index (χ1) is 10.4. The molecule has 0 heterocycles. The number of hydrogen-bond donors (Lipinski definition) is 1. The maximum atomic E-state index is 11.9. The highest BCUT2D eigenvalue weighted by Gasteiger charge is 2.17. The molecule has 1 aromatic rings. The van der Waals surface area contributed by atoms with Crippen molar-refractivity contribution in [2.45, 2.75) is 20.8 Å². The molecule has 22 heavy (non-hydrogen) atoms. The summed E-state index contributed by atoms with van der Waals surface area (Å²) in [5.74, 6) is 0.947. The average Bonchev–Trinajstić information content (AvgIpc) is 2.50. The predicted molar refractivity (Wildman–Crippen MR) is 85.4 cm³/mol. The Morgan fingerprint density at radius 1 is 1.23 bits per heavy atom. The van der Waals surface area contributed by atoms with Gasteiger partial charge < -0.3 is 19.7 Å². The molecular formula is C16H24N2O4. The van der Waals surface area contributed by atoms with E-state index in [1.165, 1.54) is 6.92 Å². The van der Waals surface area contributed by atoms with Gasteiger partial charge >= 0.3 is 0 Å². The number of methoxy groups -OCH3 is 2. The minimum absolute atomic E-state index is 0.0406. The Morgan fingerprint density at radius 3 is 2.41 bits per heavy atom. The Morgan fingerprint density at radius 2 is 1.91 bits per heavy atom. The Bertz CT molecular complexity index is 529. The first-order valence-electron chi connectivity index (χ1n) is 7.18. The van der Waals surface area contributed by atoms with Crippen LogP contribution < -0.4 is 19.7 Å². The zero-order chi connectivity index (χ0) is 16.7.